The molecule has 4 aromatic rings. The van der Waals surface area contributed by atoms with Crippen molar-refractivity contribution in [3.8, 4) is 17.2 Å². The smallest absolute Gasteiger partial charge is 0.262 e. The van der Waals surface area contributed by atoms with Gasteiger partial charge in [-0.3, -0.25) is 9.36 Å². The highest BCUT2D eigenvalue weighted by atomic mass is 32.2. The van der Waals surface area contributed by atoms with Gasteiger partial charge in [-0.05, 0) is 44.0 Å². The number of rotatable bonds is 7. The first-order chi connectivity index (χ1) is 16.1. The van der Waals surface area contributed by atoms with Crippen LogP contribution in [0, 0.1) is 6.92 Å². The molecule has 0 spiro atoms. The van der Waals surface area contributed by atoms with Crippen molar-refractivity contribution in [2.24, 2.45) is 0 Å². The quantitative estimate of drug-likeness (QED) is 0.287. The maximum Gasteiger partial charge on any atom is 0.262 e. The molecule has 0 unspecified atom stereocenters. The van der Waals surface area contributed by atoms with Gasteiger partial charge in [-0.15, -0.1) is 0 Å². The van der Waals surface area contributed by atoms with Crippen molar-refractivity contribution in [3.63, 3.8) is 0 Å². The Balaban J connectivity index is 1.46. The average molecular weight is 464 g/mol. The molecule has 5 rings (SSSR count). The molecule has 1 atom stereocenters. The molecule has 0 N–H and O–H groups in total. The van der Waals surface area contributed by atoms with E-state index < -0.39 is 0 Å². The van der Waals surface area contributed by atoms with E-state index in [2.05, 4.69) is 0 Å². The summed E-state index contributed by atoms with van der Waals surface area (Å²) in [5, 5.41) is 1.28. The number of nitrogens with zero attached hydrogens (tertiary/aromatic N) is 3. The fraction of sp³-hybridized carbons (Fsp3) is 0.320. The maximum absolute atomic E-state index is 13.3. The van der Waals surface area contributed by atoms with Crippen molar-refractivity contribution in [3.05, 3.63) is 70.3 Å². The number of thioether (sulfide) groups is 1. The molecular weight excluding hydrogens is 438 g/mol. The van der Waals surface area contributed by atoms with Crippen molar-refractivity contribution in [2.45, 2.75) is 43.3 Å². The lowest BCUT2D eigenvalue weighted by atomic mass is 10.2. The summed E-state index contributed by atoms with van der Waals surface area (Å²) in [7, 11) is 1.63. The Hall–Kier alpha value is -3.10. The Bertz CT molecular complexity index is 1340. The molecule has 1 fully saturated rings. The highest BCUT2D eigenvalue weighted by Gasteiger charge is 2.21. The van der Waals surface area contributed by atoms with Gasteiger partial charge in [-0.25, -0.2) is 9.97 Å². The molecule has 0 radical (unpaired) electrons. The highest BCUT2D eigenvalue weighted by Crippen LogP contribution is 2.32. The number of para-hydroxylation sites is 2. The van der Waals surface area contributed by atoms with Crippen LogP contribution in [-0.2, 0) is 17.0 Å². The van der Waals surface area contributed by atoms with Crippen molar-refractivity contribution >= 4 is 22.7 Å². The van der Waals surface area contributed by atoms with E-state index in [0.29, 0.717) is 40.0 Å². The van der Waals surface area contributed by atoms with Crippen LogP contribution in [0.25, 0.3) is 22.4 Å². The lowest BCUT2D eigenvalue weighted by Crippen LogP contribution is -2.28. The largest absolute Gasteiger partial charge is 0.496 e. The highest BCUT2D eigenvalue weighted by molar-refractivity contribution is 7.98. The van der Waals surface area contributed by atoms with Crippen LogP contribution in [0.5, 0.6) is 5.75 Å². The molecule has 2 aromatic carbocycles. The normalized spacial score (nSPS) is 15.9. The Morgan fingerprint density at radius 3 is 2.79 bits per heavy atom. The van der Waals surface area contributed by atoms with Gasteiger partial charge in [0.25, 0.3) is 5.56 Å². The van der Waals surface area contributed by atoms with Gasteiger partial charge in [0.05, 0.1) is 41.9 Å². The first-order valence-corrected chi connectivity index (χ1v) is 12.0. The van der Waals surface area contributed by atoms with E-state index in [0.717, 1.165) is 36.5 Å². The molecule has 7 nitrogen and oxygen atoms in total. The van der Waals surface area contributed by atoms with Gasteiger partial charge in [0.2, 0.25) is 5.89 Å². The minimum atomic E-state index is -0.0369. The SMILES string of the molecule is COc1ccccc1-c1nc(CSc2nc3ccccc3c(=O)n2C[C@@H]2CCCO2)c(C)o1. The van der Waals surface area contributed by atoms with Crippen LogP contribution in [0.15, 0.2) is 62.9 Å². The van der Waals surface area contributed by atoms with Crippen molar-refractivity contribution in [1.29, 1.82) is 0 Å². The van der Waals surface area contributed by atoms with E-state index in [9.17, 15) is 4.79 Å². The summed E-state index contributed by atoms with van der Waals surface area (Å²) in [6.07, 6.45) is 2.01. The van der Waals surface area contributed by atoms with Crippen molar-refractivity contribution in [2.75, 3.05) is 13.7 Å². The first-order valence-electron chi connectivity index (χ1n) is 11.0. The van der Waals surface area contributed by atoms with Crippen molar-refractivity contribution < 1.29 is 13.9 Å². The number of fused-ring (bicyclic) bond motifs is 1. The maximum atomic E-state index is 13.3. The van der Waals surface area contributed by atoms with Gasteiger partial charge >= 0.3 is 0 Å². The molecule has 1 saturated heterocycles. The van der Waals surface area contributed by atoms with Gasteiger partial charge < -0.3 is 13.9 Å². The molecule has 3 heterocycles. The molecule has 1 aliphatic rings. The molecule has 0 amide bonds. The second-order valence-electron chi connectivity index (χ2n) is 7.97. The summed E-state index contributed by atoms with van der Waals surface area (Å²) in [5.74, 6) is 2.49. The van der Waals surface area contributed by atoms with Crippen LogP contribution >= 0.6 is 11.8 Å². The molecule has 0 bridgehead atoms. The Morgan fingerprint density at radius 2 is 1.97 bits per heavy atom. The van der Waals surface area contributed by atoms with Gasteiger partial charge in [0.15, 0.2) is 5.16 Å². The third-order valence-corrected chi connectivity index (χ3v) is 6.79. The summed E-state index contributed by atoms with van der Waals surface area (Å²) in [5.41, 5.74) is 2.27. The van der Waals surface area contributed by atoms with Gasteiger partial charge in [-0.2, -0.15) is 0 Å². The number of oxazole rings is 1. The topological polar surface area (TPSA) is 79.4 Å². The zero-order chi connectivity index (χ0) is 22.8. The number of ether oxygens (including phenoxy) is 2. The molecular formula is C25H25N3O4S. The zero-order valence-corrected chi connectivity index (χ0v) is 19.4. The summed E-state index contributed by atoms with van der Waals surface area (Å²) in [4.78, 5) is 22.8. The Labute approximate surface area is 195 Å². The van der Waals surface area contributed by atoms with Gasteiger partial charge in [-0.1, -0.05) is 36.0 Å². The number of hydrogen-bond acceptors (Lipinski definition) is 7. The van der Waals surface area contributed by atoms with Gasteiger partial charge in [0, 0.05) is 12.4 Å². The van der Waals surface area contributed by atoms with Crippen LogP contribution in [0.2, 0.25) is 0 Å². The van der Waals surface area contributed by atoms with Crippen LogP contribution in [0.4, 0.5) is 0 Å². The molecule has 0 saturated carbocycles. The predicted octanol–water partition coefficient (Wildman–Crippen LogP) is 4.84. The number of aromatic nitrogens is 3. The molecule has 8 heteroatoms. The van der Waals surface area contributed by atoms with E-state index in [1.54, 1.807) is 11.7 Å². The summed E-state index contributed by atoms with van der Waals surface area (Å²) in [6.45, 7) is 3.14. The Kier molecular flexibility index (Phi) is 6.20. The van der Waals surface area contributed by atoms with E-state index in [-0.39, 0.29) is 11.7 Å². The molecule has 170 valence electrons. The fourth-order valence-corrected chi connectivity index (χ4v) is 5.05. The van der Waals surface area contributed by atoms with Crippen molar-refractivity contribution in [1.82, 2.24) is 14.5 Å². The van der Waals surface area contributed by atoms with Crippen LogP contribution in [0.1, 0.15) is 24.3 Å². The second-order valence-corrected chi connectivity index (χ2v) is 8.92. The molecule has 33 heavy (non-hydrogen) atoms. The third kappa shape index (κ3) is 4.41. The van der Waals surface area contributed by atoms with Gasteiger partial charge in [0.1, 0.15) is 11.5 Å². The molecule has 1 aliphatic heterocycles. The van der Waals surface area contributed by atoms with E-state index in [4.69, 9.17) is 23.9 Å². The zero-order valence-electron chi connectivity index (χ0n) is 18.6. The van der Waals surface area contributed by atoms with E-state index in [1.165, 1.54) is 11.8 Å². The standard InChI is InChI=1S/C25H25N3O4S/c1-16-21(26-23(32-16)19-10-4-6-12-22(19)30-2)15-33-25-27-20-11-5-3-9-18(20)24(29)28(25)14-17-8-7-13-31-17/h3-6,9-12,17H,7-8,13-15H2,1-2H3/t17-/m0/s1. The minimum Gasteiger partial charge on any atom is -0.496 e. The minimum absolute atomic E-state index is 0.0369. The lowest BCUT2D eigenvalue weighted by molar-refractivity contribution is 0.0937. The summed E-state index contributed by atoms with van der Waals surface area (Å²) in [6, 6.07) is 15.1. The summed E-state index contributed by atoms with van der Waals surface area (Å²) < 4.78 is 18.9. The van der Waals surface area contributed by atoms with Crippen LogP contribution < -0.4 is 10.3 Å². The number of aryl methyl sites for hydroxylation is 1. The van der Waals surface area contributed by atoms with E-state index in [1.807, 2.05) is 55.5 Å². The summed E-state index contributed by atoms with van der Waals surface area (Å²) >= 11 is 1.49. The molecule has 2 aromatic heterocycles. The number of methoxy groups -OCH3 is 1. The monoisotopic (exact) mass is 463 g/mol. The fourth-order valence-electron chi connectivity index (χ4n) is 4.04. The average Bonchev–Trinajstić information content (AvgIpc) is 3.49. The third-order valence-electron chi connectivity index (χ3n) is 5.80. The first kappa shape index (κ1) is 21.7. The molecule has 0 aliphatic carbocycles. The number of hydrogen-bond donors (Lipinski definition) is 0. The predicted molar refractivity (Wildman–Crippen MR) is 128 cm³/mol. The lowest BCUT2D eigenvalue weighted by Gasteiger charge is -2.16. The van der Waals surface area contributed by atoms with Crippen LogP contribution in [-0.4, -0.2) is 34.4 Å². The van der Waals surface area contributed by atoms with E-state index >= 15 is 0 Å². The Morgan fingerprint density at radius 1 is 1.15 bits per heavy atom. The van der Waals surface area contributed by atoms with Crippen LogP contribution in [0.3, 0.4) is 0 Å². The second kappa shape index (κ2) is 9.41. The number of benzene rings is 2.